The number of rotatable bonds is 4. The molecular weight excluding hydrogens is 330 g/mol. The maximum atomic E-state index is 10.7. The van der Waals surface area contributed by atoms with Crippen LogP contribution in [0, 0.1) is 10.1 Å². The maximum Gasteiger partial charge on any atom is 0.287 e. The molecule has 1 aromatic carbocycles. The second-order valence-corrected chi connectivity index (χ2v) is 6.39. The van der Waals surface area contributed by atoms with Crippen LogP contribution >= 0.6 is 0 Å². The van der Waals surface area contributed by atoms with Crippen LogP contribution in [-0.4, -0.2) is 46.0 Å². The Morgan fingerprint density at radius 2 is 1.81 bits per heavy atom. The summed E-state index contributed by atoms with van der Waals surface area (Å²) in [5.74, 6) is 0.791. The number of aromatic nitrogens is 2. The summed E-state index contributed by atoms with van der Waals surface area (Å²) in [4.78, 5) is 23.8. The van der Waals surface area contributed by atoms with Crippen LogP contribution in [0.4, 0.5) is 11.5 Å². The molecule has 7 nitrogen and oxygen atoms in total. The molecule has 1 aliphatic rings. The van der Waals surface area contributed by atoms with E-state index in [1.54, 1.807) is 6.07 Å². The number of hydrogen-bond acceptors (Lipinski definition) is 6. The van der Waals surface area contributed by atoms with E-state index in [0.717, 1.165) is 55.1 Å². The highest BCUT2D eigenvalue weighted by Gasteiger charge is 2.19. The fourth-order valence-electron chi connectivity index (χ4n) is 3.23. The van der Waals surface area contributed by atoms with Crippen molar-refractivity contribution in [3.8, 4) is 0 Å². The first-order valence-electron chi connectivity index (χ1n) is 8.61. The topological polar surface area (TPSA) is 75.4 Å². The smallest absolute Gasteiger partial charge is 0.287 e. The number of benzene rings is 1. The molecule has 1 aliphatic heterocycles. The molecule has 26 heavy (non-hydrogen) atoms. The number of fused-ring (bicyclic) bond motifs is 1. The third-order valence-electron chi connectivity index (χ3n) is 4.68. The van der Waals surface area contributed by atoms with Gasteiger partial charge in [0.15, 0.2) is 0 Å². The summed E-state index contributed by atoms with van der Waals surface area (Å²) in [7, 11) is 0. The van der Waals surface area contributed by atoms with E-state index < -0.39 is 4.92 Å². The van der Waals surface area contributed by atoms with Crippen LogP contribution in [0.1, 0.15) is 5.69 Å². The summed E-state index contributed by atoms with van der Waals surface area (Å²) in [6.45, 7) is 4.34. The molecule has 0 unspecified atom stereocenters. The number of hydrogen-bond donors (Lipinski definition) is 0. The van der Waals surface area contributed by atoms with Crippen LogP contribution < -0.4 is 4.90 Å². The minimum absolute atomic E-state index is 0.0229. The van der Waals surface area contributed by atoms with Crippen molar-refractivity contribution in [3.05, 3.63) is 70.5 Å². The number of nitrogens with zero attached hydrogens (tertiary/aromatic N) is 5. The second kappa shape index (κ2) is 7.05. The first kappa shape index (κ1) is 16.4. The van der Waals surface area contributed by atoms with Gasteiger partial charge in [-0.15, -0.1) is 0 Å². The molecule has 1 saturated heterocycles. The molecule has 3 heterocycles. The fraction of sp³-hybridized carbons (Fsp3) is 0.263. The molecule has 0 spiro atoms. The van der Waals surface area contributed by atoms with Crippen molar-refractivity contribution in [3.63, 3.8) is 0 Å². The van der Waals surface area contributed by atoms with Gasteiger partial charge in [0, 0.05) is 44.2 Å². The van der Waals surface area contributed by atoms with Crippen molar-refractivity contribution in [2.24, 2.45) is 0 Å². The van der Waals surface area contributed by atoms with Crippen molar-refractivity contribution < 1.29 is 4.92 Å². The van der Waals surface area contributed by atoms with E-state index in [0.29, 0.717) is 0 Å². The Hall–Kier alpha value is -3.06. The largest absolute Gasteiger partial charge is 0.354 e. The van der Waals surface area contributed by atoms with Crippen LogP contribution in [0.15, 0.2) is 54.7 Å². The highest BCUT2D eigenvalue weighted by Crippen LogP contribution is 2.18. The Labute approximate surface area is 151 Å². The number of pyridine rings is 2. The summed E-state index contributed by atoms with van der Waals surface area (Å²) < 4.78 is 0. The molecule has 132 valence electrons. The van der Waals surface area contributed by atoms with E-state index in [-0.39, 0.29) is 5.69 Å². The standard InChI is InChI=1S/C19H19N5O2/c25-24(26)17-7-8-19(20-13-17)23-11-9-22(10-12-23)14-16-6-5-15-3-1-2-4-18(15)21-16/h1-8,13H,9-12,14H2. The molecule has 0 radical (unpaired) electrons. The van der Waals surface area contributed by atoms with E-state index in [2.05, 4.69) is 33.0 Å². The lowest BCUT2D eigenvalue weighted by molar-refractivity contribution is -0.385. The van der Waals surface area contributed by atoms with Crippen molar-refractivity contribution in [1.82, 2.24) is 14.9 Å². The third-order valence-corrected chi connectivity index (χ3v) is 4.68. The lowest BCUT2D eigenvalue weighted by Gasteiger charge is -2.35. The fourth-order valence-corrected chi connectivity index (χ4v) is 3.23. The van der Waals surface area contributed by atoms with E-state index in [9.17, 15) is 10.1 Å². The van der Waals surface area contributed by atoms with E-state index >= 15 is 0 Å². The summed E-state index contributed by atoms with van der Waals surface area (Å²) in [6.07, 6.45) is 1.32. The number of para-hydroxylation sites is 1. The molecule has 0 aliphatic carbocycles. The van der Waals surface area contributed by atoms with Crippen LogP contribution in [0.25, 0.3) is 10.9 Å². The van der Waals surface area contributed by atoms with Crippen LogP contribution in [0.2, 0.25) is 0 Å². The third kappa shape index (κ3) is 3.48. The van der Waals surface area contributed by atoms with E-state index in [4.69, 9.17) is 4.98 Å². The number of nitro groups is 1. The van der Waals surface area contributed by atoms with Gasteiger partial charge in [0.25, 0.3) is 5.69 Å². The molecule has 0 bridgehead atoms. The summed E-state index contributed by atoms with van der Waals surface area (Å²) in [5.41, 5.74) is 2.12. The molecule has 1 fully saturated rings. The van der Waals surface area contributed by atoms with Gasteiger partial charge in [0.2, 0.25) is 0 Å². The molecule has 7 heteroatoms. The van der Waals surface area contributed by atoms with Crippen molar-refractivity contribution in [2.75, 3.05) is 31.1 Å². The van der Waals surface area contributed by atoms with Gasteiger partial charge < -0.3 is 4.90 Å². The average Bonchev–Trinajstić information content (AvgIpc) is 2.68. The first-order valence-corrected chi connectivity index (χ1v) is 8.61. The summed E-state index contributed by atoms with van der Waals surface area (Å²) in [6, 6.07) is 15.6. The molecule has 4 rings (SSSR count). The van der Waals surface area contributed by atoms with Crippen LogP contribution in [-0.2, 0) is 6.54 Å². The molecule has 3 aromatic rings. The Morgan fingerprint density at radius 3 is 2.54 bits per heavy atom. The molecule has 0 atom stereocenters. The average molecular weight is 349 g/mol. The normalized spacial score (nSPS) is 15.3. The highest BCUT2D eigenvalue weighted by atomic mass is 16.6. The van der Waals surface area contributed by atoms with Crippen molar-refractivity contribution in [2.45, 2.75) is 6.54 Å². The van der Waals surface area contributed by atoms with Crippen LogP contribution in [0.5, 0.6) is 0 Å². The predicted octanol–water partition coefficient (Wildman–Crippen LogP) is 2.86. The zero-order valence-electron chi connectivity index (χ0n) is 14.3. The first-order chi connectivity index (χ1) is 12.7. The Bertz CT molecular complexity index is 921. The predicted molar refractivity (Wildman–Crippen MR) is 100 cm³/mol. The molecule has 0 amide bonds. The van der Waals surface area contributed by atoms with Gasteiger partial charge in [0.05, 0.1) is 16.1 Å². The minimum Gasteiger partial charge on any atom is -0.354 e. The van der Waals surface area contributed by atoms with Crippen molar-refractivity contribution in [1.29, 1.82) is 0 Å². The number of piperazine rings is 1. The van der Waals surface area contributed by atoms with Gasteiger partial charge in [-0.05, 0) is 18.2 Å². The zero-order chi connectivity index (χ0) is 17.9. The molecule has 0 saturated carbocycles. The quantitative estimate of drug-likeness (QED) is 0.532. The minimum atomic E-state index is -0.425. The SMILES string of the molecule is O=[N+]([O-])c1ccc(N2CCN(Cc3ccc4ccccc4n3)CC2)nc1. The van der Waals surface area contributed by atoms with E-state index in [1.807, 2.05) is 18.2 Å². The molecular formula is C19H19N5O2. The van der Waals surface area contributed by atoms with Gasteiger partial charge >= 0.3 is 0 Å². The van der Waals surface area contributed by atoms with Gasteiger partial charge in [-0.25, -0.2) is 4.98 Å². The lowest BCUT2D eigenvalue weighted by Crippen LogP contribution is -2.46. The van der Waals surface area contributed by atoms with Gasteiger partial charge in [0.1, 0.15) is 12.0 Å². The Balaban J connectivity index is 1.37. The Kier molecular flexibility index (Phi) is 4.45. The van der Waals surface area contributed by atoms with E-state index in [1.165, 1.54) is 12.3 Å². The molecule has 2 aromatic heterocycles. The van der Waals surface area contributed by atoms with Crippen LogP contribution in [0.3, 0.4) is 0 Å². The second-order valence-electron chi connectivity index (χ2n) is 6.39. The Morgan fingerprint density at radius 1 is 1.00 bits per heavy atom. The van der Waals surface area contributed by atoms with Gasteiger partial charge in [-0.3, -0.25) is 20.0 Å². The van der Waals surface area contributed by atoms with Gasteiger partial charge in [-0.2, -0.15) is 0 Å². The molecule has 0 N–H and O–H groups in total. The van der Waals surface area contributed by atoms with Crippen molar-refractivity contribution >= 4 is 22.4 Å². The highest BCUT2D eigenvalue weighted by molar-refractivity contribution is 5.78. The number of anilines is 1. The summed E-state index contributed by atoms with van der Waals surface area (Å²) in [5, 5.41) is 11.9. The maximum absolute atomic E-state index is 10.7. The monoisotopic (exact) mass is 349 g/mol. The summed E-state index contributed by atoms with van der Waals surface area (Å²) >= 11 is 0. The zero-order valence-corrected chi connectivity index (χ0v) is 14.3. The lowest BCUT2D eigenvalue weighted by atomic mass is 10.2. The van der Waals surface area contributed by atoms with Gasteiger partial charge in [-0.1, -0.05) is 24.3 Å².